The van der Waals surface area contributed by atoms with E-state index in [1.165, 1.54) is 12.8 Å². The van der Waals surface area contributed by atoms with Gasteiger partial charge in [0.05, 0.1) is 16.8 Å². The Morgan fingerprint density at radius 3 is 2.75 bits per heavy atom. The van der Waals surface area contributed by atoms with Gasteiger partial charge in [-0.3, -0.25) is 9.48 Å². The summed E-state index contributed by atoms with van der Waals surface area (Å²) >= 11 is 0. The Morgan fingerprint density at radius 2 is 2.00 bits per heavy atom. The number of fused-ring (bicyclic) bond motifs is 1. The minimum Gasteiger partial charge on any atom is -0.365 e. The molecule has 1 aromatic carbocycles. The van der Waals surface area contributed by atoms with Crippen LogP contribution in [-0.2, 0) is 6.54 Å². The highest BCUT2D eigenvalue weighted by Crippen LogP contribution is 2.33. The highest BCUT2D eigenvalue weighted by atomic mass is 19.1. The van der Waals surface area contributed by atoms with E-state index in [-0.39, 0.29) is 29.3 Å². The van der Waals surface area contributed by atoms with Crippen LogP contribution in [-0.4, -0.2) is 32.8 Å². The van der Waals surface area contributed by atoms with Crippen LogP contribution < -0.4 is 22.1 Å². The van der Waals surface area contributed by atoms with Crippen molar-refractivity contribution in [1.29, 1.82) is 0 Å². The van der Waals surface area contributed by atoms with Crippen LogP contribution in [0.4, 0.5) is 21.7 Å². The lowest BCUT2D eigenvalue weighted by atomic mass is 9.91. The Hall–Kier alpha value is -3.20. The second-order valence-corrected chi connectivity index (χ2v) is 8.94. The predicted molar refractivity (Wildman–Crippen MR) is 122 cm³/mol. The van der Waals surface area contributed by atoms with Crippen LogP contribution in [0.2, 0.25) is 0 Å². The molecule has 9 heteroatoms. The first-order valence-electron chi connectivity index (χ1n) is 11.2. The molecule has 1 unspecified atom stereocenters. The topological polar surface area (TPSA) is 124 Å². The van der Waals surface area contributed by atoms with Gasteiger partial charge in [-0.25, -0.2) is 9.37 Å². The zero-order chi connectivity index (χ0) is 22.2. The molecule has 32 heavy (non-hydrogen) atoms. The van der Waals surface area contributed by atoms with Gasteiger partial charge >= 0.3 is 0 Å². The van der Waals surface area contributed by atoms with Gasteiger partial charge in [0, 0.05) is 30.2 Å². The molecule has 1 amide bonds. The Morgan fingerprint density at radius 1 is 1.19 bits per heavy atom. The van der Waals surface area contributed by atoms with E-state index < -0.39 is 11.7 Å². The highest BCUT2D eigenvalue weighted by Gasteiger charge is 2.25. The van der Waals surface area contributed by atoms with Crippen molar-refractivity contribution >= 4 is 34.1 Å². The Balaban J connectivity index is 1.47. The summed E-state index contributed by atoms with van der Waals surface area (Å²) < 4.78 is 16.7. The lowest BCUT2D eigenvalue weighted by Gasteiger charge is -2.30. The molecule has 2 heterocycles. The monoisotopic (exact) mass is 437 g/mol. The van der Waals surface area contributed by atoms with Gasteiger partial charge in [-0.15, -0.1) is 0 Å². The van der Waals surface area contributed by atoms with E-state index in [2.05, 4.69) is 20.7 Å². The fourth-order valence-corrected chi connectivity index (χ4v) is 4.37. The van der Waals surface area contributed by atoms with Gasteiger partial charge in [0.2, 0.25) is 0 Å². The first-order valence-corrected chi connectivity index (χ1v) is 11.2. The second kappa shape index (κ2) is 8.38. The smallest absolute Gasteiger partial charge is 0.252 e. The SMILES string of the molecule is NC(=O)c1cc(F)c(NC2CCCC[C@@H]2N)nc1Nc1cccc2nn(CC3CC3)cc12. The Bertz CT molecular complexity index is 1160. The average Bonchev–Trinajstić information content (AvgIpc) is 3.47. The molecule has 6 N–H and O–H groups in total. The minimum atomic E-state index is -0.753. The van der Waals surface area contributed by atoms with Crippen molar-refractivity contribution in [2.45, 2.75) is 57.2 Å². The Kier molecular flexibility index (Phi) is 5.42. The first-order chi connectivity index (χ1) is 15.5. The second-order valence-electron chi connectivity index (χ2n) is 8.94. The minimum absolute atomic E-state index is 0.0108. The lowest BCUT2D eigenvalue weighted by molar-refractivity contribution is 0.100. The molecule has 0 saturated heterocycles. The maximum absolute atomic E-state index is 14.8. The van der Waals surface area contributed by atoms with Crippen LogP contribution >= 0.6 is 0 Å². The van der Waals surface area contributed by atoms with Crippen molar-refractivity contribution < 1.29 is 9.18 Å². The van der Waals surface area contributed by atoms with E-state index in [0.29, 0.717) is 5.92 Å². The maximum atomic E-state index is 14.8. The summed E-state index contributed by atoms with van der Waals surface area (Å²) in [6.45, 7) is 0.894. The molecule has 2 fully saturated rings. The van der Waals surface area contributed by atoms with Crippen LogP contribution in [0.1, 0.15) is 48.9 Å². The van der Waals surface area contributed by atoms with Crippen molar-refractivity contribution in [2.24, 2.45) is 17.4 Å². The van der Waals surface area contributed by atoms with Gasteiger partial charge in [-0.2, -0.15) is 5.10 Å². The maximum Gasteiger partial charge on any atom is 0.252 e. The van der Waals surface area contributed by atoms with Crippen LogP contribution in [0, 0.1) is 11.7 Å². The quantitative estimate of drug-likeness (QED) is 0.448. The molecule has 0 bridgehead atoms. The molecule has 5 rings (SSSR count). The standard InChI is InChI=1S/C23H28FN7O/c24-16-10-14(21(26)32)22(29-23(16)28-20-5-2-1-4-17(20)25)27-18-6-3-7-19-15(18)12-31(30-19)11-13-8-9-13/h3,6-7,10,12-13,17,20H,1-2,4-5,8-9,11,25H2,(H2,26,32)(H2,27,28,29)/t17-,20?/m0/s1. The normalized spacial score (nSPS) is 20.9. The number of nitrogens with one attached hydrogen (secondary N) is 2. The number of carbonyl (C=O) groups is 1. The number of rotatable bonds is 7. The van der Waals surface area contributed by atoms with Gasteiger partial charge in [-0.05, 0) is 49.8 Å². The number of nitrogens with zero attached hydrogens (tertiary/aromatic N) is 3. The molecular formula is C23H28FN7O. The van der Waals surface area contributed by atoms with Crippen molar-refractivity contribution in [1.82, 2.24) is 14.8 Å². The molecule has 0 aliphatic heterocycles. The summed E-state index contributed by atoms with van der Waals surface area (Å²) in [5.74, 6) is -0.417. The molecule has 3 aromatic rings. The van der Waals surface area contributed by atoms with E-state index in [9.17, 15) is 9.18 Å². The van der Waals surface area contributed by atoms with Gasteiger partial charge in [0.25, 0.3) is 5.91 Å². The number of benzene rings is 1. The largest absolute Gasteiger partial charge is 0.365 e. The lowest BCUT2D eigenvalue weighted by Crippen LogP contribution is -2.43. The number of nitrogens with two attached hydrogens (primary N) is 2. The van der Waals surface area contributed by atoms with Crippen molar-refractivity contribution in [3.05, 3.63) is 41.8 Å². The summed E-state index contributed by atoms with van der Waals surface area (Å²) in [6.07, 6.45) is 8.31. The summed E-state index contributed by atoms with van der Waals surface area (Å²) in [7, 11) is 0. The molecule has 0 radical (unpaired) electrons. The number of hydrogen-bond acceptors (Lipinski definition) is 6. The molecule has 2 aliphatic carbocycles. The number of primary amides is 1. The summed E-state index contributed by atoms with van der Waals surface area (Å²) in [4.78, 5) is 16.4. The molecule has 168 valence electrons. The Labute approximate surface area is 185 Å². The molecule has 2 aromatic heterocycles. The van der Waals surface area contributed by atoms with Crippen molar-refractivity contribution in [3.8, 4) is 0 Å². The number of halogens is 1. The number of aromatic nitrogens is 3. The molecule has 8 nitrogen and oxygen atoms in total. The molecule has 2 aliphatic rings. The predicted octanol–water partition coefficient (Wildman–Crippen LogP) is 3.50. The third kappa shape index (κ3) is 4.25. The van der Waals surface area contributed by atoms with Crippen molar-refractivity contribution in [3.63, 3.8) is 0 Å². The third-order valence-corrected chi connectivity index (χ3v) is 6.38. The summed E-state index contributed by atoms with van der Waals surface area (Å²) in [5.41, 5.74) is 13.3. The number of pyridine rings is 1. The fraction of sp³-hybridized carbons (Fsp3) is 0.435. The average molecular weight is 438 g/mol. The summed E-state index contributed by atoms with van der Waals surface area (Å²) in [6, 6.07) is 6.70. The highest BCUT2D eigenvalue weighted by molar-refractivity contribution is 6.00. The summed E-state index contributed by atoms with van der Waals surface area (Å²) in [5, 5.41) is 11.9. The molecule has 0 spiro atoms. The zero-order valence-electron chi connectivity index (χ0n) is 17.9. The zero-order valence-corrected chi connectivity index (χ0v) is 17.9. The van der Waals surface area contributed by atoms with Gasteiger partial charge in [0.1, 0.15) is 5.82 Å². The van der Waals surface area contributed by atoms with Crippen LogP contribution in [0.15, 0.2) is 30.5 Å². The number of anilines is 3. The van der Waals surface area contributed by atoms with Gasteiger partial charge < -0.3 is 22.1 Å². The van der Waals surface area contributed by atoms with Gasteiger partial charge in [0.15, 0.2) is 11.6 Å². The van der Waals surface area contributed by atoms with E-state index >= 15 is 0 Å². The van der Waals surface area contributed by atoms with Crippen LogP contribution in [0.25, 0.3) is 10.9 Å². The van der Waals surface area contributed by atoms with Gasteiger partial charge in [-0.1, -0.05) is 18.9 Å². The molecular weight excluding hydrogens is 409 g/mol. The fourth-order valence-electron chi connectivity index (χ4n) is 4.37. The number of amides is 1. The van der Waals surface area contributed by atoms with E-state index in [4.69, 9.17) is 11.5 Å². The van der Waals surface area contributed by atoms with Crippen LogP contribution in [0.5, 0.6) is 0 Å². The third-order valence-electron chi connectivity index (χ3n) is 6.38. The van der Waals surface area contributed by atoms with Crippen molar-refractivity contribution in [2.75, 3.05) is 10.6 Å². The number of hydrogen-bond donors (Lipinski definition) is 4. The van der Waals surface area contributed by atoms with E-state index in [1.807, 2.05) is 29.1 Å². The van der Waals surface area contributed by atoms with Crippen LogP contribution in [0.3, 0.4) is 0 Å². The van der Waals surface area contributed by atoms with E-state index in [1.54, 1.807) is 0 Å². The molecule has 2 atom stereocenters. The van der Waals surface area contributed by atoms with E-state index in [0.717, 1.165) is 54.9 Å². The molecule has 2 saturated carbocycles. The number of carbonyl (C=O) groups excluding carboxylic acids is 1. The first kappa shape index (κ1) is 20.7.